The van der Waals surface area contributed by atoms with Crippen molar-refractivity contribution in [2.45, 2.75) is 32.8 Å². The lowest BCUT2D eigenvalue weighted by molar-refractivity contribution is -0.138. The molecular formula is C19H20O6S. The molecule has 0 aliphatic carbocycles. The van der Waals surface area contributed by atoms with E-state index in [1.165, 1.54) is 13.2 Å². The Kier molecular flexibility index (Phi) is 5.82. The maximum absolute atomic E-state index is 12.9. The zero-order valence-corrected chi connectivity index (χ0v) is 15.8. The Labute approximate surface area is 155 Å². The molecule has 0 saturated carbocycles. The maximum atomic E-state index is 12.9. The number of hydrogen-bond acceptors (Lipinski definition) is 6. The van der Waals surface area contributed by atoms with Crippen LogP contribution in [0.5, 0.6) is 0 Å². The minimum Gasteiger partial charge on any atom is -0.477 e. The first kappa shape index (κ1) is 19.7. The van der Waals surface area contributed by atoms with Crippen molar-refractivity contribution in [1.82, 2.24) is 0 Å². The van der Waals surface area contributed by atoms with Crippen LogP contribution in [0.2, 0.25) is 0 Å². The smallest absolute Gasteiger partial charge is 0.345 e. The Morgan fingerprint density at radius 1 is 1.38 bits per heavy atom. The van der Waals surface area contributed by atoms with Crippen molar-refractivity contribution >= 4 is 34.8 Å². The molecule has 6 nitrogen and oxygen atoms in total. The number of esters is 1. The van der Waals surface area contributed by atoms with Crippen LogP contribution >= 0.6 is 11.3 Å². The predicted octanol–water partition coefficient (Wildman–Crippen LogP) is 3.52. The van der Waals surface area contributed by atoms with Gasteiger partial charge >= 0.3 is 11.9 Å². The fraction of sp³-hybridized carbons (Fsp3) is 0.316. The monoisotopic (exact) mass is 376 g/mol. The van der Waals surface area contributed by atoms with Crippen molar-refractivity contribution < 1.29 is 29.0 Å². The number of thiophene rings is 1. The molecule has 0 bridgehead atoms. The normalized spacial score (nSPS) is 20.2. The van der Waals surface area contributed by atoms with Gasteiger partial charge in [-0.3, -0.25) is 4.79 Å². The van der Waals surface area contributed by atoms with Gasteiger partial charge in [-0.15, -0.1) is 11.3 Å². The number of carbonyl (C=O) groups is 3. The Balaban J connectivity index is 2.53. The fourth-order valence-electron chi connectivity index (χ4n) is 2.51. The Bertz CT molecular complexity index is 842. The van der Waals surface area contributed by atoms with E-state index in [0.717, 1.165) is 17.8 Å². The summed E-state index contributed by atoms with van der Waals surface area (Å²) in [4.78, 5) is 37.0. The lowest BCUT2D eigenvalue weighted by Gasteiger charge is -2.19. The molecule has 2 rings (SSSR count). The van der Waals surface area contributed by atoms with Gasteiger partial charge < -0.3 is 14.6 Å². The van der Waals surface area contributed by atoms with E-state index in [9.17, 15) is 19.5 Å². The minimum atomic E-state index is -1.37. The first-order chi connectivity index (χ1) is 12.2. The van der Waals surface area contributed by atoms with E-state index < -0.39 is 23.3 Å². The summed E-state index contributed by atoms with van der Waals surface area (Å²) in [6.07, 6.45) is 7.80. The van der Waals surface area contributed by atoms with Crippen molar-refractivity contribution in [2.75, 3.05) is 7.11 Å². The van der Waals surface area contributed by atoms with Crippen molar-refractivity contribution in [1.29, 1.82) is 0 Å². The number of carboxylic acid groups (broad SMARTS) is 1. The van der Waals surface area contributed by atoms with Crippen LogP contribution in [0.15, 0.2) is 35.9 Å². The molecule has 1 aromatic rings. The van der Waals surface area contributed by atoms with Crippen LogP contribution in [0.4, 0.5) is 0 Å². The summed E-state index contributed by atoms with van der Waals surface area (Å²) in [5.41, 5.74) is -1.17. The van der Waals surface area contributed by atoms with Crippen LogP contribution in [0.25, 0.3) is 5.76 Å². The lowest BCUT2D eigenvalue weighted by Crippen LogP contribution is -2.32. The number of Topliss-reactive ketones (excluding diaryl/α,β-unsaturated/α-hetero) is 1. The quantitative estimate of drug-likeness (QED) is 0.464. The van der Waals surface area contributed by atoms with E-state index in [-0.39, 0.29) is 16.2 Å². The molecule has 1 atom stereocenters. The van der Waals surface area contributed by atoms with E-state index in [0.29, 0.717) is 10.4 Å². The van der Waals surface area contributed by atoms with Gasteiger partial charge in [0.25, 0.3) is 0 Å². The predicted molar refractivity (Wildman–Crippen MR) is 98.0 cm³/mol. The molecule has 1 N–H and O–H groups in total. The summed E-state index contributed by atoms with van der Waals surface area (Å²) in [6.45, 7) is 5.25. The number of aryl methyl sites for hydroxylation is 1. The fourth-order valence-corrected chi connectivity index (χ4v) is 3.37. The zero-order chi connectivity index (χ0) is 19.5. The highest BCUT2D eigenvalue weighted by Gasteiger charge is 2.48. The first-order valence-electron chi connectivity index (χ1n) is 8.00. The number of rotatable bonds is 6. The average molecular weight is 376 g/mol. The zero-order valence-electron chi connectivity index (χ0n) is 15.0. The number of ether oxygens (including phenoxy) is 2. The average Bonchev–Trinajstić information content (AvgIpc) is 3.10. The largest absolute Gasteiger partial charge is 0.477 e. The van der Waals surface area contributed by atoms with Gasteiger partial charge in [0, 0.05) is 10.4 Å². The molecule has 1 aliphatic rings. The third-order valence-corrected chi connectivity index (χ3v) is 4.92. The number of methoxy groups -OCH3 is 1. The van der Waals surface area contributed by atoms with Gasteiger partial charge in [0.15, 0.2) is 5.60 Å². The summed E-state index contributed by atoms with van der Waals surface area (Å²) in [6, 6.07) is 1.40. The van der Waals surface area contributed by atoms with Crippen LogP contribution in [0.1, 0.15) is 40.4 Å². The van der Waals surface area contributed by atoms with Gasteiger partial charge in [0.1, 0.15) is 16.2 Å². The van der Waals surface area contributed by atoms with Crippen molar-refractivity contribution in [2.24, 2.45) is 0 Å². The molecule has 0 unspecified atom stereocenters. The Morgan fingerprint density at radius 2 is 2.08 bits per heavy atom. The lowest BCUT2D eigenvalue weighted by atomic mass is 9.95. The van der Waals surface area contributed by atoms with Gasteiger partial charge in [0.2, 0.25) is 5.78 Å². The summed E-state index contributed by atoms with van der Waals surface area (Å²) in [7, 11) is 1.18. The highest BCUT2D eigenvalue weighted by atomic mass is 32.1. The first-order valence-corrected chi connectivity index (χ1v) is 8.81. The molecule has 138 valence electrons. The molecule has 0 radical (unpaired) electrons. The minimum absolute atomic E-state index is 0.0507. The molecule has 0 amide bonds. The maximum Gasteiger partial charge on any atom is 0.345 e. The second kappa shape index (κ2) is 7.70. The van der Waals surface area contributed by atoms with Gasteiger partial charge in [-0.2, -0.15) is 0 Å². The van der Waals surface area contributed by atoms with E-state index in [4.69, 9.17) is 9.47 Å². The summed E-state index contributed by atoms with van der Waals surface area (Å²) in [5, 5.41) is 9.18. The summed E-state index contributed by atoms with van der Waals surface area (Å²) < 4.78 is 10.6. The molecule has 1 aliphatic heterocycles. The van der Waals surface area contributed by atoms with E-state index in [1.807, 2.05) is 13.0 Å². The highest BCUT2D eigenvalue weighted by Crippen LogP contribution is 2.41. The van der Waals surface area contributed by atoms with Crippen molar-refractivity contribution in [3.8, 4) is 0 Å². The third-order valence-electron chi connectivity index (χ3n) is 3.88. The summed E-state index contributed by atoms with van der Waals surface area (Å²) in [5.74, 6) is -2.37. The van der Waals surface area contributed by atoms with E-state index in [2.05, 4.69) is 0 Å². The molecule has 26 heavy (non-hydrogen) atoms. The number of hydrogen-bond donors (Lipinski definition) is 1. The van der Waals surface area contributed by atoms with Crippen LogP contribution in [0.3, 0.4) is 0 Å². The van der Waals surface area contributed by atoms with Crippen LogP contribution in [-0.4, -0.2) is 35.5 Å². The van der Waals surface area contributed by atoms with Crippen LogP contribution in [0, 0.1) is 6.92 Å². The van der Waals surface area contributed by atoms with Crippen molar-refractivity contribution in [3.63, 3.8) is 0 Å². The molecule has 0 spiro atoms. The van der Waals surface area contributed by atoms with Gasteiger partial charge in [-0.25, -0.2) is 9.59 Å². The topological polar surface area (TPSA) is 89.9 Å². The number of carboxylic acids is 1. The molecule has 0 saturated heterocycles. The van der Waals surface area contributed by atoms with Gasteiger partial charge in [-0.05, 0) is 32.4 Å². The van der Waals surface area contributed by atoms with Crippen LogP contribution in [-0.2, 0) is 19.1 Å². The molecular weight excluding hydrogens is 356 g/mol. The standard InChI is InChI=1S/C19H20O6S/c1-5-6-7-8-9-19(3)16(20)14(18(23)24-4)15(25-19)12-10-13(17(21)22)26-11(12)2/h6-10H,5H2,1-4H3,(H,21,22)/b7-6+,9-8+/t19-/m1/s1. The van der Waals surface area contributed by atoms with Gasteiger partial charge in [0.05, 0.1) is 7.11 Å². The molecule has 7 heteroatoms. The second-order valence-electron chi connectivity index (χ2n) is 5.82. The number of ketones is 1. The Morgan fingerprint density at radius 3 is 2.62 bits per heavy atom. The molecule has 0 fully saturated rings. The second-order valence-corrected chi connectivity index (χ2v) is 7.07. The third kappa shape index (κ3) is 3.62. The molecule has 1 aromatic heterocycles. The highest BCUT2D eigenvalue weighted by molar-refractivity contribution is 7.14. The van der Waals surface area contributed by atoms with Crippen LogP contribution < -0.4 is 0 Å². The molecule has 0 aromatic carbocycles. The Hall–Kier alpha value is -2.67. The SMILES string of the molecule is CC/C=C/C=C/[C@@]1(C)OC(c2cc(C(=O)O)sc2C)=C(C(=O)OC)C1=O. The number of allylic oxidation sites excluding steroid dienone is 3. The van der Waals surface area contributed by atoms with E-state index in [1.54, 1.807) is 32.1 Å². The van der Waals surface area contributed by atoms with Crippen molar-refractivity contribution in [3.05, 3.63) is 51.3 Å². The van der Waals surface area contributed by atoms with Gasteiger partial charge in [-0.1, -0.05) is 25.2 Å². The molecule has 2 heterocycles. The number of carbonyl (C=O) groups excluding carboxylic acids is 2. The van der Waals surface area contributed by atoms with E-state index >= 15 is 0 Å². The number of aromatic carboxylic acids is 1. The summed E-state index contributed by atoms with van der Waals surface area (Å²) >= 11 is 1.05.